The van der Waals surface area contributed by atoms with Crippen molar-refractivity contribution in [1.29, 1.82) is 5.26 Å². The van der Waals surface area contributed by atoms with Gasteiger partial charge in [-0.2, -0.15) is 5.26 Å². The summed E-state index contributed by atoms with van der Waals surface area (Å²) >= 11 is 0. The van der Waals surface area contributed by atoms with Crippen LogP contribution >= 0.6 is 0 Å². The van der Waals surface area contributed by atoms with Gasteiger partial charge in [-0.15, -0.1) is 0 Å². The molecule has 4 nitrogen and oxygen atoms in total. The van der Waals surface area contributed by atoms with Crippen molar-refractivity contribution < 1.29 is 9.18 Å². The molecule has 1 aromatic rings. The molecule has 0 unspecified atom stereocenters. The van der Waals surface area contributed by atoms with E-state index in [2.05, 4.69) is 6.07 Å². The highest BCUT2D eigenvalue weighted by Gasteiger charge is 2.31. The van der Waals surface area contributed by atoms with Crippen LogP contribution in [0.5, 0.6) is 0 Å². The summed E-state index contributed by atoms with van der Waals surface area (Å²) in [5.74, 6) is -0.628. The first kappa shape index (κ1) is 13.5. The number of nitrogens with zero attached hydrogens (tertiary/aromatic N) is 2. The van der Waals surface area contributed by atoms with E-state index >= 15 is 0 Å². The SMILES string of the molecule is N#C[C@@H]1CCCN1C(=O)[C@@H](N)Cc1ccccc1F. The summed E-state index contributed by atoms with van der Waals surface area (Å²) in [6.07, 6.45) is 1.66. The Morgan fingerprint density at radius 2 is 2.32 bits per heavy atom. The topological polar surface area (TPSA) is 70.1 Å². The van der Waals surface area contributed by atoms with Crippen LogP contribution in [0.1, 0.15) is 18.4 Å². The van der Waals surface area contributed by atoms with E-state index in [-0.39, 0.29) is 24.2 Å². The average molecular weight is 261 g/mol. The molecule has 1 aromatic carbocycles. The van der Waals surface area contributed by atoms with Crippen LogP contribution in [-0.2, 0) is 11.2 Å². The van der Waals surface area contributed by atoms with Crippen LogP contribution in [-0.4, -0.2) is 29.4 Å². The largest absolute Gasteiger partial charge is 0.325 e. The second kappa shape index (κ2) is 5.81. The van der Waals surface area contributed by atoms with E-state index < -0.39 is 6.04 Å². The van der Waals surface area contributed by atoms with Gasteiger partial charge in [-0.05, 0) is 30.9 Å². The number of carbonyl (C=O) groups excluding carboxylic acids is 1. The fourth-order valence-electron chi connectivity index (χ4n) is 2.37. The predicted molar refractivity (Wildman–Crippen MR) is 68.4 cm³/mol. The van der Waals surface area contributed by atoms with Crippen LogP contribution in [0.25, 0.3) is 0 Å². The molecule has 2 N–H and O–H groups in total. The highest BCUT2D eigenvalue weighted by atomic mass is 19.1. The van der Waals surface area contributed by atoms with Crippen LogP contribution in [0, 0.1) is 17.1 Å². The molecule has 0 radical (unpaired) electrons. The Balaban J connectivity index is 2.04. The number of benzene rings is 1. The quantitative estimate of drug-likeness (QED) is 0.889. The minimum atomic E-state index is -0.800. The maximum Gasteiger partial charge on any atom is 0.240 e. The molecule has 0 bridgehead atoms. The third kappa shape index (κ3) is 2.91. The van der Waals surface area contributed by atoms with Crippen LogP contribution in [0.4, 0.5) is 4.39 Å². The number of hydrogen-bond acceptors (Lipinski definition) is 3. The zero-order valence-corrected chi connectivity index (χ0v) is 10.6. The lowest BCUT2D eigenvalue weighted by Crippen LogP contribution is -2.46. The third-order valence-electron chi connectivity index (χ3n) is 3.40. The van der Waals surface area contributed by atoms with Crippen molar-refractivity contribution in [3.8, 4) is 6.07 Å². The number of nitrogens with two attached hydrogens (primary N) is 1. The van der Waals surface area contributed by atoms with Crippen LogP contribution < -0.4 is 5.73 Å². The molecule has 0 aliphatic carbocycles. The van der Waals surface area contributed by atoms with Crippen LogP contribution in [0.3, 0.4) is 0 Å². The van der Waals surface area contributed by atoms with Crippen LogP contribution in [0.15, 0.2) is 24.3 Å². The summed E-state index contributed by atoms with van der Waals surface area (Å²) in [6.45, 7) is 0.558. The Morgan fingerprint density at radius 3 is 3.00 bits per heavy atom. The van der Waals surface area contributed by atoms with Gasteiger partial charge in [0, 0.05) is 6.54 Å². The third-order valence-corrected chi connectivity index (χ3v) is 3.40. The lowest BCUT2D eigenvalue weighted by Gasteiger charge is -2.23. The van der Waals surface area contributed by atoms with Crippen molar-refractivity contribution in [1.82, 2.24) is 4.90 Å². The smallest absolute Gasteiger partial charge is 0.240 e. The lowest BCUT2D eigenvalue weighted by atomic mass is 10.0. The summed E-state index contributed by atoms with van der Waals surface area (Å²) in [5.41, 5.74) is 6.27. The van der Waals surface area contributed by atoms with E-state index in [1.807, 2.05) is 0 Å². The van der Waals surface area contributed by atoms with E-state index in [4.69, 9.17) is 11.0 Å². The number of rotatable bonds is 3. The van der Waals surface area contributed by atoms with E-state index in [0.717, 1.165) is 6.42 Å². The van der Waals surface area contributed by atoms with Gasteiger partial charge >= 0.3 is 0 Å². The Bertz CT molecular complexity index is 512. The number of halogens is 1. The molecule has 19 heavy (non-hydrogen) atoms. The molecule has 1 aliphatic rings. The molecular formula is C14H16FN3O. The molecule has 2 rings (SSSR count). The van der Waals surface area contributed by atoms with Crippen molar-refractivity contribution in [3.63, 3.8) is 0 Å². The fraction of sp³-hybridized carbons (Fsp3) is 0.429. The zero-order valence-electron chi connectivity index (χ0n) is 10.6. The summed E-state index contributed by atoms with van der Waals surface area (Å²) in [5, 5.41) is 8.96. The number of hydrogen-bond donors (Lipinski definition) is 1. The van der Waals surface area contributed by atoms with Crippen LogP contribution in [0.2, 0.25) is 0 Å². The molecule has 0 saturated carbocycles. The molecule has 1 fully saturated rings. The molecule has 0 aromatic heterocycles. The summed E-state index contributed by atoms with van der Waals surface area (Å²) in [6, 6.07) is 7.19. The number of carbonyl (C=O) groups is 1. The molecule has 1 amide bonds. The molecule has 1 aliphatic heterocycles. The number of amides is 1. The predicted octanol–water partition coefficient (Wildman–Crippen LogP) is 1.21. The molecule has 100 valence electrons. The van der Waals surface area contributed by atoms with Crippen molar-refractivity contribution in [2.24, 2.45) is 5.73 Å². The molecular weight excluding hydrogens is 245 g/mol. The van der Waals surface area contributed by atoms with Gasteiger partial charge in [-0.25, -0.2) is 4.39 Å². The minimum Gasteiger partial charge on any atom is -0.325 e. The minimum absolute atomic E-state index is 0.153. The second-order valence-electron chi connectivity index (χ2n) is 4.72. The number of likely N-dealkylation sites (tertiary alicyclic amines) is 1. The number of nitriles is 1. The van der Waals surface area contributed by atoms with Gasteiger partial charge < -0.3 is 10.6 Å². The molecule has 1 saturated heterocycles. The van der Waals surface area contributed by atoms with E-state index in [1.165, 1.54) is 11.0 Å². The maximum absolute atomic E-state index is 13.5. The summed E-state index contributed by atoms with van der Waals surface area (Å²) in [4.78, 5) is 13.7. The summed E-state index contributed by atoms with van der Waals surface area (Å²) < 4.78 is 13.5. The molecule has 1 heterocycles. The Labute approximate surface area is 111 Å². The van der Waals surface area contributed by atoms with Crippen molar-refractivity contribution in [3.05, 3.63) is 35.6 Å². The molecule has 2 atom stereocenters. The van der Waals surface area contributed by atoms with E-state index in [1.54, 1.807) is 18.2 Å². The first-order chi connectivity index (χ1) is 9.13. The summed E-state index contributed by atoms with van der Waals surface area (Å²) in [7, 11) is 0. The highest BCUT2D eigenvalue weighted by Crippen LogP contribution is 2.18. The second-order valence-corrected chi connectivity index (χ2v) is 4.72. The maximum atomic E-state index is 13.5. The standard InChI is InChI=1S/C14H16FN3O/c15-12-6-2-1-4-10(12)8-13(17)14(19)18-7-3-5-11(18)9-16/h1-2,4,6,11,13H,3,5,7-8,17H2/t11-,13-/m0/s1. The van der Waals surface area contributed by atoms with Gasteiger partial charge in [0.1, 0.15) is 11.9 Å². The van der Waals surface area contributed by atoms with Gasteiger partial charge in [-0.3, -0.25) is 4.79 Å². The highest BCUT2D eigenvalue weighted by molar-refractivity contribution is 5.82. The normalized spacial score (nSPS) is 20.1. The van der Waals surface area contributed by atoms with Crippen molar-refractivity contribution in [2.45, 2.75) is 31.3 Å². The fourth-order valence-corrected chi connectivity index (χ4v) is 2.37. The Morgan fingerprint density at radius 1 is 1.58 bits per heavy atom. The lowest BCUT2D eigenvalue weighted by molar-refractivity contribution is -0.132. The van der Waals surface area contributed by atoms with Gasteiger partial charge in [0.15, 0.2) is 0 Å². The van der Waals surface area contributed by atoms with Gasteiger partial charge in [0.2, 0.25) is 5.91 Å². The average Bonchev–Trinajstić information content (AvgIpc) is 2.88. The first-order valence-corrected chi connectivity index (χ1v) is 6.32. The molecule has 5 heteroatoms. The zero-order chi connectivity index (χ0) is 13.8. The first-order valence-electron chi connectivity index (χ1n) is 6.32. The van der Waals surface area contributed by atoms with Gasteiger partial charge in [0.25, 0.3) is 0 Å². The van der Waals surface area contributed by atoms with Gasteiger partial charge in [-0.1, -0.05) is 18.2 Å². The monoisotopic (exact) mass is 261 g/mol. The molecule has 0 spiro atoms. The van der Waals surface area contributed by atoms with E-state index in [9.17, 15) is 9.18 Å². The van der Waals surface area contributed by atoms with Crippen molar-refractivity contribution >= 4 is 5.91 Å². The van der Waals surface area contributed by atoms with Crippen molar-refractivity contribution in [2.75, 3.05) is 6.54 Å². The van der Waals surface area contributed by atoms with Gasteiger partial charge in [0.05, 0.1) is 12.1 Å². The Hall–Kier alpha value is -1.93. The van der Waals surface area contributed by atoms with E-state index in [0.29, 0.717) is 18.5 Å². The Kier molecular flexibility index (Phi) is 4.13.